The lowest BCUT2D eigenvalue weighted by atomic mass is 9.99. The highest BCUT2D eigenvalue weighted by molar-refractivity contribution is 7.83. The number of alkyl halides is 3. The van der Waals surface area contributed by atoms with E-state index in [0.29, 0.717) is 0 Å². The lowest BCUT2D eigenvalue weighted by Crippen LogP contribution is -2.37. The molecular formula is C14H19F3N2OS. The second-order valence-electron chi connectivity index (χ2n) is 4.20. The van der Waals surface area contributed by atoms with Gasteiger partial charge in [0.05, 0.1) is 0 Å². The molecule has 21 heavy (non-hydrogen) atoms. The van der Waals surface area contributed by atoms with E-state index >= 15 is 0 Å². The molecule has 7 heteroatoms. The summed E-state index contributed by atoms with van der Waals surface area (Å²) < 4.78 is 50.3. The monoisotopic (exact) mass is 320 g/mol. The van der Waals surface area contributed by atoms with Crippen molar-refractivity contribution in [1.29, 1.82) is 0 Å². The molecule has 0 aliphatic carbocycles. The van der Waals surface area contributed by atoms with E-state index in [0.717, 1.165) is 16.7 Å². The molecular weight excluding hydrogens is 301 g/mol. The maximum Gasteiger partial charge on any atom is 0.402 e. The summed E-state index contributed by atoms with van der Waals surface area (Å²) in [5, 5.41) is 2.19. The van der Waals surface area contributed by atoms with Crippen LogP contribution >= 0.6 is 0 Å². The molecule has 0 amide bonds. The second kappa shape index (κ2) is 7.61. The number of allylic oxidation sites excluding steroid dienone is 1. The Bertz CT molecular complexity index is 529. The van der Waals surface area contributed by atoms with Crippen molar-refractivity contribution in [2.45, 2.75) is 32.3 Å². The quantitative estimate of drug-likeness (QED) is 0.895. The summed E-state index contributed by atoms with van der Waals surface area (Å²) >= 11 is 0. The number of fused-ring (bicyclic) bond motifs is 1. The molecule has 1 aliphatic heterocycles. The molecule has 0 aromatic heterocycles. The summed E-state index contributed by atoms with van der Waals surface area (Å²) in [6, 6.07) is 7.23. The van der Waals surface area contributed by atoms with Crippen molar-refractivity contribution in [3.05, 3.63) is 41.6 Å². The molecule has 118 valence electrons. The summed E-state index contributed by atoms with van der Waals surface area (Å²) in [6.45, 7) is 4.61. The van der Waals surface area contributed by atoms with E-state index in [1.165, 1.54) is 0 Å². The fourth-order valence-corrected chi connectivity index (χ4v) is 2.97. The van der Waals surface area contributed by atoms with Crippen molar-refractivity contribution < 1.29 is 17.4 Å². The molecule has 1 aliphatic rings. The molecule has 2 atom stereocenters. The van der Waals surface area contributed by atoms with E-state index in [-0.39, 0.29) is 0 Å². The van der Waals surface area contributed by atoms with Gasteiger partial charge in [0.2, 0.25) is 0 Å². The van der Waals surface area contributed by atoms with Gasteiger partial charge in [-0.2, -0.15) is 13.2 Å². The first kappa shape index (κ1) is 17.7. The van der Waals surface area contributed by atoms with Crippen LogP contribution in [0.3, 0.4) is 0 Å². The van der Waals surface area contributed by atoms with E-state index in [1.807, 2.05) is 37.6 Å². The van der Waals surface area contributed by atoms with Crippen molar-refractivity contribution in [3.63, 3.8) is 0 Å². The highest BCUT2D eigenvalue weighted by Gasteiger charge is 2.30. The lowest BCUT2D eigenvalue weighted by molar-refractivity contribution is -0.121. The predicted molar refractivity (Wildman–Crippen MR) is 79.5 cm³/mol. The third kappa shape index (κ3) is 4.86. The largest absolute Gasteiger partial charge is 0.402 e. The van der Waals surface area contributed by atoms with Crippen molar-refractivity contribution in [3.8, 4) is 0 Å². The Morgan fingerprint density at radius 3 is 2.52 bits per heavy atom. The van der Waals surface area contributed by atoms with Crippen LogP contribution in [-0.2, 0) is 11.0 Å². The Morgan fingerprint density at radius 2 is 1.90 bits per heavy atom. The van der Waals surface area contributed by atoms with Crippen LogP contribution in [0.4, 0.5) is 13.2 Å². The van der Waals surface area contributed by atoms with Gasteiger partial charge >= 0.3 is 6.18 Å². The van der Waals surface area contributed by atoms with Gasteiger partial charge in [-0.15, -0.1) is 0 Å². The standard InChI is InChI=1S/C12H13F3N2OS.C2H6/c1-8-6-16-11(10-5-3-2-4-9(8)10)19(18)17-7-12(13,14)15;1-2/h2-6,11,16-17H,7H2,1H3;1-2H3. The zero-order valence-corrected chi connectivity index (χ0v) is 12.9. The SMILES string of the molecule is CC.CC1=CNC(S(=O)NCC(F)(F)F)c2ccccc21. The Labute approximate surface area is 125 Å². The van der Waals surface area contributed by atoms with Gasteiger partial charge in [-0.1, -0.05) is 38.1 Å². The van der Waals surface area contributed by atoms with Crippen LogP contribution in [0.1, 0.15) is 37.3 Å². The average molecular weight is 320 g/mol. The lowest BCUT2D eigenvalue weighted by Gasteiger charge is -2.25. The number of rotatable bonds is 3. The molecule has 0 saturated carbocycles. The summed E-state index contributed by atoms with van der Waals surface area (Å²) in [5.41, 5.74) is 2.59. The van der Waals surface area contributed by atoms with Crippen LogP contribution in [0.25, 0.3) is 5.57 Å². The van der Waals surface area contributed by atoms with Crippen molar-refractivity contribution in [2.24, 2.45) is 0 Å². The molecule has 2 rings (SSSR count). The summed E-state index contributed by atoms with van der Waals surface area (Å²) in [5.74, 6) is 0. The molecule has 1 aromatic carbocycles. The average Bonchev–Trinajstić information content (AvgIpc) is 2.47. The molecule has 1 aromatic rings. The van der Waals surface area contributed by atoms with E-state index < -0.39 is 29.1 Å². The van der Waals surface area contributed by atoms with Gasteiger partial charge in [0.25, 0.3) is 0 Å². The Hall–Kier alpha value is -1.34. The number of halogens is 3. The van der Waals surface area contributed by atoms with Gasteiger partial charge in [-0.25, -0.2) is 8.93 Å². The minimum Gasteiger partial charge on any atom is -0.372 e. The molecule has 2 N–H and O–H groups in total. The second-order valence-corrected chi connectivity index (χ2v) is 5.55. The molecule has 2 unspecified atom stereocenters. The minimum absolute atomic E-state index is 0.678. The Balaban J connectivity index is 0.00000106. The molecule has 0 saturated heterocycles. The van der Waals surface area contributed by atoms with Gasteiger partial charge in [0.1, 0.15) is 22.9 Å². The fraction of sp³-hybridized carbons (Fsp3) is 0.429. The fourth-order valence-electron chi connectivity index (χ4n) is 1.87. The van der Waals surface area contributed by atoms with Crippen LogP contribution < -0.4 is 10.0 Å². The summed E-state index contributed by atoms with van der Waals surface area (Å²) in [6.07, 6.45) is -2.71. The Kier molecular flexibility index (Phi) is 6.42. The number of benzene rings is 1. The first-order chi connectivity index (χ1) is 9.88. The maximum atomic E-state index is 12.1. The number of hydrogen-bond donors (Lipinski definition) is 2. The van der Waals surface area contributed by atoms with E-state index in [9.17, 15) is 17.4 Å². The van der Waals surface area contributed by atoms with Crippen LogP contribution in [0.5, 0.6) is 0 Å². The molecule has 1 heterocycles. The zero-order valence-electron chi connectivity index (χ0n) is 12.1. The molecule has 0 fully saturated rings. The zero-order chi connectivity index (χ0) is 16.0. The van der Waals surface area contributed by atoms with E-state index in [2.05, 4.69) is 5.32 Å². The molecule has 3 nitrogen and oxygen atoms in total. The molecule has 0 bridgehead atoms. The van der Waals surface area contributed by atoms with Crippen LogP contribution in [0, 0.1) is 0 Å². The van der Waals surface area contributed by atoms with Crippen LogP contribution in [-0.4, -0.2) is 16.9 Å². The van der Waals surface area contributed by atoms with E-state index in [1.54, 1.807) is 18.3 Å². The van der Waals surface area contributed by atoms with Gasteiger partial charge in [0, 0.05) is 6.20 Å². The van der Waals surface area contributed by atoms with Gasteiger partial charge in [0.15, 0.2) is 0 Å². The highest BCUT2D eigenvalue weighted by Crippen LogP contribution is 2.30. The first-order valence-electron chi connectivity index (χ1n) is 6.61. The maximum absolute atomic E-state index is 12.1. The first-order valence-corrected chi connectivity index (χ1v) is 7.83. The normalized spacial score (nSPS) is 18.6. The third-order valence-corrected chi connectivity index (χ3v) is 4.00. The van der Waals surface area contributed by atoms with Crippen LogP contribution in [0.2, 0.25) is 0 Å². The molecule has 0 spiro atoms. The number of nitrogens with one attached hydrogen (secondary N) is 2. The van der Waals surface area contributed by atoms with Crippen molar-refractivity contribution >= 4 is 16.6 Å². The van der Waals surface area contributed by atoms with Crippen molar-refractivity contribution in [2.75, 3.05) is 6.54 Å². The summed E-state index contributed by atoms with van der Waals surface area (Å²) in [4.78, 5) is 0. The van der Waals surface area contributed by atoms with Gasteiger partial charge in [-0.05, 0) is 23.6 Å². The topological polar surface area (TPSA) is 41.1 Å². The minimum atomic E-state index is -4.38. The molecule has 0 radical (unpaired) electrons. The van der Waals surface area contributed by atoms with E-state index in [4.69, 9.17) is 0 Å². The summed E-state index contributed by atoms with van der Waals surface area (Å²) in [7, 11) is -1.85. The van der Waals surface area contributed by atoms with Gasteiger partial charge < -0.3 is 5.32 Å². The third-order valence-electron chi connectivity index (χ3n) is 2.75. The highest BCUT2D eigenvalue weighted by atomic mass is 32.2. The number of hydrogen-bond acceptors (Lipinski definition) is 2. The van der Waals surface area contributed by atoms with Gasteiger partial charge in [-0.3, -0.25) is 0 Å². The smallest absolute Gasteiger partial charge is 0.372 e. The van der Waals surface area contributed by atoms with Crippen molar-refractivity contribution in [1.82, 2.24) is 10.0 Å². The Morgan fingerprint density at radius 1 is 1.29 bits per heavy atom. The van der Waals surface area contributed by atoms with Crippen LogP contribution in [0.15, 0.2) is 30.5 Å². The predicted octanol–water partition coefficient (Wildman–Crippen LogP) is 3.49.